The van der Waals surface area contributed by atoms with E-state index in [1.807, 2.05) is 0 Å². The average molecular weight is 388 g/mol. The SMILES string of the molecule is CC(C)(C)CN(C1CCCCC1)S(=O)(=O)c1ccc(Br)cc1. The van der Waals surface area contributed by atoms with Crippen molar-refractivity contribution in [2.24, 2.45) is 5.41 Å². The number of hydrogen-bond donors (Lipinski definition) is 0. The predicted octanol–water partition coefficient (Wildman–Crippen LogP) is 4.82. The largest absolute Gasteiger partial charge is 0.243 e. The lowest BCUT2D eigenvalue weighted by atomic mass is 9.92. The van der Waals surface area contributed by atoms with Crippen LogP contribution in [0.25, 0.3) is 0 Å². The molecule has 2 rings (SSSR count). The van der Waals surface area contributed by atoms with Gasteiger partial charge in [0.25, 0.3) is 0 Å². The van der Waals surface area contributed by atoms with E-state index in [9.17, 15) is 8.42 Å². The fraction of sp³-hybridized carbons (Fsp3) is 0.647. The molecule has 22 heavy (non-hydrogen) atoms. The first kappa shape index (κ1) is 18.0. The molecule has 124 valence electrons. The van der Waals surface area contributed by atoms with Gasteiger partial charge in [-0.15, -0.1) is 0 Å². The molecule has 0 aromatic heterocycles. The molecule has 1 aromatic carbocycles. The van der Waals surface area contributed by atoms with Crippen LogP contribution in [-0.4, -0.2) is 25.3 Å². The van der Waals surface area contributed by atoms with Gasteiger partial charge in [0.15, 0.2) is 0 Å². The van der Waals surface area contributed by atoms with Crippen molar-refractivity contribution in [1.29, 1.82) is 0 Å². The van der Waals surface area contributed by atoms with E-state index in [2.05, 4.69) is 36.7 Å². The monoisotopic (exact) mass is 387 g/mol. The highest BCUT2D eigenvalue weighted by molar-refractivity contribution is 9.10. The van der Waals surface area contributed by atoms with Crippen LogP contribution in [0.4, 0.5) is 0 Å². The van der Waals surface area contributed by atoms with Crippen molar-refractivity contribution in [2.45, 2.75) is 63.8 Å². The standard InChI is InChI=1S/C17H26BrNO2S/c1-17(2,3)13-19(15-7-5-4-6-8-15)22(20,21)16-11-9-14(18)10-12-16/h9-12,15H,4-8,13H2,1-3H3. The van der Waals surface area contributed by atoms with Crippen LogP contribution >= 0.6 is 15.9 Å². The zero-order valence-corrected chi connectivity index (χ0v) is 16.1. The molecule has 0 N–H and O–H groups in total. The smallest absolute Gasteiger partial charge is 0.207 e. The summed E-state index contributed by atoms with van der Waals surface area (Å²) in [6, 6.07) is 7.11. The molecule has 0 heterocycles. The number of nitrogens with zero attached hydrogens (tertiary/aromatic N) is 1. The van der Waals surface area contributed by atoms with Crippen LogP contribution in [0, 0.1) is 5.41 Å². The Morgan fingerprint density at radius 2 is 1.64 bits per heavy atom. The molecule has 5 heteroatoms. The van der Waals surface area contributed by atoms with Gasteiger partial charge in [-0.2, -0.15) is 4.31 Å². The highest BCUT2D eigenvalue weighted by Crippen LogP contribution is 2.31. The average Bonchev–Trinajstić information content (AvgIpc) is 2.45. The summed E-state index contributed by atoms with van der Waals surface area (Å²) in [5.74, 6) is 0. The highest BCUT2D eigenvalue weighted by atomic mass is 79.9. The lowest BCUT2D eigenvalue weighted by molar-refractivity contribution is 0.197. The Morgan fingerprint density at radius 1 is 1.09 bits per heavy atom. The minimum atomic E-state index is -3.44. The van der Waals surface area contributed by atoms with Crippen molar-refractivity contribution in [2.75, 3.05) is 6.54 Å². The molecule has 1 aliphatic carbocycles. The molecular formula is C17H26BrNO2S. The summed E-state index contributed by atoms with van der Waals surface area (Å²) in [5, 5.41) is 0. The molecule has 3 nitrogen and oxygen atoms in total. The Morgan fingerprint density at radius 3 is 2.14 bits per heavy atom. The molecular weight excluding hydrogens is 362 g/mol. The van der Waals surface area contributed by atoms with E-state index in [4.69, 9.17) is 0 Å². The van der Waals surface area contributed by atoms with Gasteiger partial charge in [-0.25, -0.2) is 8.42 Å². The van der Waals surface area contributed by atoms with Crippen molar-refractivity contribution in [3.8, 4) is 0 Å². The van der Waals surface area contributed by atoms with E-state index in [0.717, 1.165) is 30.2 Å². The van der Waals surface area contributed by atoms with Crippen LogP contribution in [-0.2, 0) is 10.0 Å². The summed E-state index contributed by atoms with van der Waals surface area (Å²) in [5.41, 5.74) is -0.0557. The third-order valence-electron chi connectivity index (χ3n) is 4.03. The zero-order valence-electron chi connectivity index (χ0n) is 13.7. The second-order valence-corrected chi connectivity index (χ2v) is 10.2. The number of sulfonamides is 1. The third-order valence-corrected chi connectivity index (χ3v) is 6.47. The molecule has 1 aliphatic rings. The van der Waals surface area contributed by atoms with Gasteiger partial charge in [-0.1, -0.05) is 56.0 Å². The minimum Gasteiger partial charge on any atom is -0.207 e. The van der Waals surface area contributed by atoms with E-state index >= 15 is 0 Å². The number of hydrogen-bond acceptors (Lipinski definition) is 2. The fourth-order valence-corrected chi connectivity index (χ4v) is 5.16. The molecule has 0 amide bonds. The van der Waals surface area contributed by atoms with Crippen molar-refractivity contribution in [3.05, 3.63) is 28.7 Å². The summed E-state index contributed by atoms with van der Waals surface area (Å²) >= 11 is 3.37. The second kappa shape index (κ2) is 7.02. The molecule has 0 aliphatic heterocycles. The molecule has 0 saturated heterocycles. The molecule has 0 bridgehead atoms. The number of halogens is 1. The molecule has 0 unspecified atom stereocenters. The van der Waals surface area contributed by atoms with Crippen molar-refractivity contribution in [1.82, 2.24) is 4.31 Å². The summed E-state index contributed by atoms with van der Waals surface area (Å²) in [4.78, 5) is 0.394. The normalized spacial score (nSPS) is 17.9. The maximum atomic E-state index is 13.1. The first-order valence-electron chi connectivity index (χ1n) is 7.97. The van der Waals surface area contributed by atoms with Gasteiger partial charge in [-0.05, 0) is 42.5 Å². The highest BCUT2D eigenvalue weighted by Gasteiger charge is 2.34. The molecule has 0 spiro atoms. The lowest BCUT2D eigenvalue weighted by Gasteiger charge is -2.37. The van der Waals surface area contributed by atoms with Crippen LogP contribution in [0.1, 0.15) is 52.9 Å². The van der Waals surface area contributed by atoms with Crippen molar-refractivity contribution in [3.63, 3.8) is 0 Å². The predicted molar refractivity (Wildman–Crippen MR) is 94.4 cm³/mol. The number of rotatable bonds is 4. The summed E-state index contributed by atoms with van der Waals surface area (Å²) < 4.78 is 28.9. The van der Waals surface area contributed by atoms with Crippen LogP contribution in [0.15, 0.2) is 33.6 Å². The Kier molecular flexibility index (Phi) is 5.73. The van der Waals surface area contributed by atoms with Gasteiger partial charge in [0.1, 0.15) is 0 Å². The Hall–Kier alpha value is -0.390. The van der Waals surface area contributed by atoms with Crippen LogP contribution in [0.5, 0.6) is 0 Å². The molecule has 1 fully saturated rings. The Balaban J connectivity index is 2.35. The number of benzene rings is 1. The van der Waals surface area contributed by atoms with Gasteiger partial charge >= 0.3 is 0 Å². The van der Waals surface area contributed by atoms with E-state index in [1.54, 1.807) is 28.6 Å². The van der Waals surface area contributed by atoms with E-state index in [0.29, 0.717) is 11.4 Å². The first-order chi connectivity index (χ1) is 10.2. The van der Waals surface area contributed by atoms with E-state index in [1.165, 1.54) is 6.42 Å². The van der Waals surface area contributed by atoms with Crippen LogP contribution in [0.3, 0.4) is 0 Å². The van der Waals surface area contributed by atoms with E-state index in [-0.39, 0.29) is 11.5 Å². The lowest BCUT2D eigenvalue weighted by Crippen LogP contribution is -2.45. The third kappa shape index (κ3) is 4.56. The topological polar surface area (TPSA) is 37.4 Å². The van der Waals surface area contributed by atoms with Gasteiger partial charge in [0.05, 0.1) is 4.90 Å². The van der Waals surface area contributed by atoms with Crippen molar-refractivity contribution >= 4 is 26.0 Å². The van der Waals surface area contributed by atoms with Gasteiger partial charge < -0.3 is 0 Å². The summed E-state index contributed by atoms with van der Waals surface area (Å²) in [6.45, 7) is 6.86. The minimum absolute atomic E-state index is 0.0557. The van der Waals surface area contributed by atoms with Crippen LogP contribution in [0.2, 0.25) is 0 Å². The fourth-order valence-electron chi connectivity index (χ4n) is 2.99. The molecule has 1 aromatic rings. The summed E-state index contributed by atoms with van der Waals surface area (Å²) in [6.07, 6.45) is 5.43. The molecule has 1 saturated carbocycles. The van der Waals surface area contributed by atoms with Gasteiger partial charge in [0.2, 0.25) is 10.0 Å². The van der Waals surface area contributed by atoms with E-state index < -0.39 is 10.0 Å². The van der Waals surface area contributed by atoms with Gasteiger partial charge in [-0.3, -0.25) is 0 Å². The first-order valence-corrected chi connectivity index (χ1v) is 10.2. The maximum Gasteiger partial charge on any atom is 0.243 e. The van der Waals surface area contributed by atoms with Crippen LogP contribution < -0.4 is 0 Å². The maximum absolute atomic E-state index is 13.1. The molecule has 0 atom stereocenters. The quantitative estimate of drug-likeness (QED) is 0.742. The molecule has 0 radical (unpaired) electrons. The van der Waals surface area contributed by atoms with Crippen molar-refractivity contribution < 1.29 is 8.42 Å². The Labute approximate surface area is 143 Å². The second-order valence-electron chi connectivity index (χ2n) is 7.36. The zero-order chi connectivity index (χ0) is 16.4. The summed E-state index contributed by atoms with van der Waals surface area (Å²) in [7, 11) is -3.44. The Bertz CT molecular complexity index is 584. The van der Waals surface area contributed by atoms with Gasteiger partial charge in [0, 0.05) is 17.1 Å².